The topological polar surface area (TPSA) is 20.3 Å². The molecule has 0 atom stereocenters. The van der Waals surface area contributed by atoms with E-state index in [1.807, 2.05) is 68.5 Å². The fraction of sp³-hybridized carbons (Fsp3) is 0.111. The van der Waals surface area contributed by atoms with Crippen molar-refractivity contribution in [2.24, 2.45) is 0 Å². The highest BCUT2D eigenvalue weighted by Gasteiger charge is 2.33. The number of thioether (sulfide) groups is 1. The number of benzene rings is 2. The lowest BCUT2D eigenvalue weighted by molar-refractivity contribution is -0.113. The standard InChI is InChI=1S/C18H15NOS2/c1-12-3-7-14(8-4-12)11-16-17(20)19(18(21)22-16)15-9-5-13(2)6-10-15/h3-11H,1-2H3/b16-11+. The smallest absolute Gasteiger partial charge is 0.268 e. The van der Waals surface area contributed by atoms with Gasteiger partial charge in [0.15, 0.2) is 4.32 Å². The number of thiocarbonyl (C=S) groups is 1. The van der Waals surface area contributed by atoms with Crippen LogP contribution in [0.1, 0.15) is 16.7 Å². The van der Waals surface area contributed by atoms with E-state index in [0.29, 0.717) is 9.23 Å². The number of carbonyl (C=O) groups is 1. The van der Waals surface area contributed by atoms with Crippen LogP contribution >= 0.6 is 24.0 Å². The molecule has 0 radical (unpaired) electrons. The summed E-state index contributed by atoms with van der Waals surface area (Å²) in [4.78, 5) is 14.9. The first-order chi connectivity index (χ1) is 10.5. The number of rotatable bonds is 2. The second kappa shape index (κ2) is 6.07. The number of aryl methyl sites for hydroxylation is 2. The van der Waals surface area contributed by atoms with E-state index in [9.17, 15) is 4.79 Å². The third-order valence-electron chi connectivity index (χ3n) is 3.46. The molecule has 0 aliphatic carbocycles. The summed E-state index contributed by atoms with van der Waals surface area (Å²) in [6.45, 7) is 4.06. The van der Waals surface area contributed by atoms with Crippen LogP contribution in [0, 0.1) is 13.8 Å². The second-order valence-corrected chi connectivity index (χ2v) is 6.94. The van der Waals surface area contributed by atoms with Crippen molar-refractivity contribution in [3.8, 4) is 0 Å². The van der Waals surface area contributed by atoms with Gasteiger partial charge in [-0.25, -0.2) is 0 Å². The van der Waals surface area contributed by atoms with Crippen LogP contribution in [-0.2, 0) is 4.79 Å². The second-order valence-electron chi connectivity index (χ2n) is 5.26. The maximum Gasteiger partial charge on any atom is 0.270 e. The first kappa shape index (κ1) is 15.0. The van der Waals surface area contributed by atoms with E-state index in [0.717, 1.165) is 16.8 Å². The SMILES string of the molecule is Cc1ccc(/C=C2/SC(=S)N(c3ccc(C)cc3)C2=O)cc1. The first-order valence-electron chi connectivity index (χ1n) is 6.96. The van der Waals surface area contributed by atoms with E-state index in [1.54, 1.807) is 4.90 Å². The third kappa shape index (κ3) is 2.98. The molecule has 0 unspecified atom stereocenters. The molecule has 0 bridgehead atoms. The minimum Gasteiger partial charge on any atom is -0.268 e. The van der Waals surface area contributed by atoms with Gasteiger partial charge in [0.25, 0.3) is 5.91 Å². The molecule has 4 heteroatoms. The van der Waals surface area contributed by atoms with Gasteiger partial charge in [0.1, 0.15) is 0 Å². The predicted octanol–water partition coefficient (Wildman–Crippen LogP) is 4.71. The van der Waals surface area contributed by atoms with Gasteiger partial charge in [-0.2, -0.15) is 0 Å². The molecule has 1 heterocycles. The van der Waals surface area contributed by atoms with Crippen LogP contribution in [0.2, 0.25) is 0 Å². The Morgan fingerprint density at radius 3 is 2.09 bits per heavy atom. The molecular formula is C18H15NOS2. The average molecular weight is 325 g/mol. The van der Waals surface area contributed by atoms with Crippen molar-refractivity contribution >= 4 is 46.0 Å². The summed E-state index contributed by atoms with van der Waals surface area (Å²) in [6, 6.07) is 15.9. The quantitative estimate of drug-likeness (QED) is 0.589. The minimum atomic E-state index is -0.0561. The van der Waals surface area contributed by atoms with E-state index < -0.39 is 0 Å². The Morgan fingerprint density at radius 1 is 0.955 bits per heavy atom. The van der Waals surface area contributed by atoms with Crippen LogP contribution < -0.4 is 4.90 Å². The van der Waals surface area contributed by atoms with Gasteiger partial charge in [-0.3, -0.25) is 9.69 Å². The largest absolute Gasteiger partial charge is 0.270 e. The van der Waals surface area contributed by atoms with Crippen LogP contribution in [0.4, 0.5) is 5.69 Å². The van der Waals surface area contributed by atoms with Gasteiger partial charge in [-0.1, -0.05) is 71.5 Å². The van der Waals surface area contributed by atoms with Crippen molar-refractivity contribution in [3.63, 3.8) is 0 Å². The number of anilines is 1. The fourth-order valence-electron chi connectivity index (χ4n) is 2.20. The van der Waals surface area contributed by atoms with E-state index in [1.165, 1.54) is 17.3 Å². The molecule has 2 nitrogen and oxygen atoms in total. The van der Waals surface area contributed by atoms with E-state index in [4.69, 9.17) is 12.2 Å². The van der Waals surface area contributed by atoms with Crippen LogP contribution in [0.3, 0.4) is 0 Å². The summed E-state index contributed by atoms with van der Waals surface area (Å²) in [5, 5.41) is 0. The van der Waals surface area contributed by atoms with Crippen LogP contribution in [-0.4, -0.2) is 10.2 Å². The van der Waals surface area contributed by atoms with Crippen LogP contribution in [0.5, 0.6) is 0 Å². The number of nitrogens with zero attached hydrogens (tertiary/aromatic N) is 1. The molecule has 0 spiro atoms. The molecule has 0 N–H and O–H groups in total. The molecule has 0 aromatic heterocycles. The van der Waals surface area contributed by atoms with Gasteiger partial charge in [-0.05, 0) is 37.6 Å². The van der Waals surface area contributed by atoms with Crippen molar-refractivity contribution in [1.29, 1.82) is 0 Å². The summed E-state index contributed by atoms with van der Waals surface area (Å²) < 4.78 is 0.576. The Bertz CT molecular complexity index is 761. The lowest BCUT2D eigenvalue weighted by Crippen LogP contribution is -2.27. The Balaban J connectivity index is 1.91. The molecule has 2 aromatic rings. The zero-order valence-electron chi connectivity index (χ0n) is 12.4. The number of hydrogen-bond acceptors (Lipinski definition) is 3. The van der Waals surface area contributed by atoms with Crippen molar-refractivity contribution < 1.29 is 4.79 Å². The number of carbonyl (C=O) groups excluding carboxylic acids is 1. The van der Waals surface area contributed by atoms with Gasteiger partial charge in [0.2, 0.25) is 0 Å². The van der Waals surface area contributed by atoms with E-state index in [-0.39, 0.29) is 5.91 Å². The molecular weight excluding hydrogens is 310 g/mol. The Morgan fingerprint density at radius 2 is 1.50 bits per heavy atom. The molecule has 1 saturated heterocycles. The maximum absolute atomic E-state index is 12.6. The molecule has 0 saturated carbocycles. The summed E-state index contributed by atoms with van der Waals surface area (Å²) in [6.07, 6.45) is 1.90. The lowest BCUT2D eigenvalue weighted by Gasteiger charge is -2.14. The highest BCUT2D eigenvalue weighted by Crippen LogP contribution is 2.36. The zero-order chi connectivity index (χ0) is 15.7. The Labute approximate surface area is 139 Å². The van der Waals surface area contributed by atoms with Crippen molar-refractivity contribution in [2.45, 2.75) is 13.8 Å². The average Bonchev–Trinajstić information content (AvgIpc) is 2.77. The number of hydrogen-bond donors (Lipinski definition) is 0. The van der Waals surface area contributed by atoms with Crippen molar-refractivity contribution in [2.75, 3.05) is 4.90 Å². The fourth-order valence-corrected chi connectivity index (χ4v) is 3.50. The summed E-state index contributed by atoms with van der Waals surface area (Å²) >= 11 is 6.72. The Hall–Kier alpha value is -1.91. The highest BCUT2D eigenvalue weighted by atomic mass is 32.2. The normalized spacial score (nSPS) is 16.6. The van der Waals surface area contributed by atoms with Crippen molar-refractivity contribution in [1.82, 2.24) is 0 Å². The monoisotopic (exact) mass is 325 g/mol. The van der Waals surface area contributed by atoms with Crippen LogP contribution in [0.25, 0.3) is 6.08 Å². The molecule has 1 aliphatic rings. The van der Waals surface area contributed by atoms with Crippen LogP contribution in [0.15, 0.2) is 53.4 Å². The molecule has 22 heavy (non-hydrogen) atoms. The Kier molecular flexibility index (Phi) is 4.14. The highest BCUT2D eigenvalue weighted by molar-refractivity contribution is 8.27. The third-order valence-corrected chi connectivity index (χ3v) is 4.76. The minimum absolute atomic E-state index is 0.0561. The lowest BCUT2D eigenvalue weighted by atomic mass is 10.1. The van der Waals surface area contributed by atoms with Gasteiger partial charge in [0.05, 0.1) is 10.6 Å². The first-order valence-corrected chi connectivity index (χ1v) is 8.18. The van der Waals surface area contributed by atoms with Gasteiger partial charge >= 0.3 is 0 Å². The van der Waals surface area contributed by atoms with Crippen molar-refractivity contribution in [3.05, 3.63) is 70.1 Å². The molecule has 1 fully saturated rings. The van der Waals surface area contributed by atoms with E-state index >= 15 is 0 Å². The van der Waals surface area contributed by atoms with Gasteiger partial charge in [0, 0.05) is 0 Å². The molecule has 1 amide bonds. The molecule has 110 valence electrons. The van der Waals surface area contributed by atoms with E-state index in [2.05, 4.69) is 0 Å². The van der Waals surface area contributed by atoms with Gasteiger partial charge < -0.3 is 0 Å². The summed E-state index contributed by atoms with van der Waals surface area (Å²) in [5.41, 5.74) is 4.18. The molecule has 2 aromatic carbocycles. The molecule has 1 aliphatic heterocycles. The zero-order valence-corrected chi connectivity index (χ0v) is 14.0. The van der Waals surface area contributed by atoms with Gasteiger partial charge in [-0.15, -0.1) is 0 Å². The predicted molar refractivity (Wildman–Crippen MR) is 98.0 cm³/mol. The summed E-state index contributed by atoms with van der Waals surface area (Å²) in [5.74, 6) is -0.0561. The number of amides is 1. The molecule has 3 rings (SSSR count). The summed E-state index contributed by atoms with van der Waals surface area (Å²) in [7, 11) is 0. The maximum atomic E-state index is 12.6.